The lowest BCUT2D eigenvalue weighted by molar-refractivity contribution is 0.0996. The second-order valence-corrected chi connectivity index (χ2v) is 4.23. The predicted molar refractivity (Wildman–Crippen MR) is 57.7 cm³/mol. The highest BCUT2D eigenvalue weighted by Gasteiger charge is 2.34. The van der Waals surface area contributed by atoms with E-state index >= 15 is 0 Å². The number of nitrogens with zero attached hydrogens (tertiary/aromatic N) is 1. The first-order valence-corrected chi connectivity index (χ1v) is 5.63. The fourth-order valence-electron chi connectivity index (χ4n) is 2.62. The van der Waals surface area contributed by atoms with Crippen LogP contribution in [0.5, 0.6) is 0 Å². The van der Waals surface area contributed by atoms with E-state index in [0.717, 1.165) is 18.4 Å². The Hall–Kier alpha value is -0.610. The highest BCUT2D eigenvalue weighted by atomic mass is 15.5. The number of hydrazone groups is 1. The van der Waals surface area contributed by atoms with Gasteiger partial charge in [-0.2, -0.15) is 5.10 Å². The zero-order chi connectivity index (χ0) is 9.80. The van der Waals surface area contributed by atoms with Crippen molar-refractivity contribution in [3.8, 4) is 0 Å². The van der Waals surface area contributed by atoms with Gasteiger partial charge in [0.05, 0.1) is 0 Å². The Morgan fingerprint density at radius 3 is 3.07 bits per heavy atom. The SMILES string of the molecule is C/C=N/NC1NNCC2CCCCC21. The van der Waals surface area contributed by atoms with Crippen LogP contribution in [0.15, 0.2) is 5.10 Å². The van der Waals surface area contributed by atoms with Gasteiger partial charge in [-0.25, -0.2) is 5.43 Å². The molecular weight excluding hydrogens is 176 g/mol. The summed E-state index contributed by atoms with van der Waals surface area (Å²) in [6.45, 7) is 3.04. The molecule has 3 unspecified atom stereocenters. The zero-order valence-corrected chi connectivity index (χ0v) is 8.79. The van der Waals surface area contributed by atoms with Crippen LogP contribution in [0.1, 0.15) is 32.6 Å². The summed E-state index contributed by atoms with van der Waals surface area (Å²) in [6, 6.07) is 0. The summed E-state index contributed by atoms with van der Waals surface area (Å²) in [4.78, 5) is 0. The molecule has 0 aromatic rings. The maximum absolute atomic E-state index is 4.11. The average Bonchev–Trinajstić information content (AvgIpc) is 2.26. The molecule has 14 heavy (non-hydrogen) atoms. The second kappa shape index (κ2) is 4.75. The van der Waals surface area contributed by atoms with Gasteiger partial charge in [-0.05, 0) is 31.6 Å². The van der Waals surface area contributed by atoms with Gasteiger partial charge in [-0.15, -0.1) is 0 Å². The zero-order valence-electron chi connectivity index (χ0n) is 8.79. The van der Waals surface area contributed by atoms with Crippen LogP contribution in [0.25, 0.3) is 0 Å². The molecule has 4 nitrogen and oxygen atoms in total. The fourth-order valence-corrected chi connectivity index (χ4v) is 2.62. The summed E-state index contributed by atoms with van der Waals surface area (Å²) < 4.78 is 0. The van der Waals surface area contributed by atoms with Crippen LogP contribution >= 0.6 is 0 Å². The van der Waals surface area contributed by atoms with E-state index in [9.17, 15) is 0 Å². The molecule has 0 amide bonds. The molecule has 2 aliphatic rings. The van der Waals surface area contributed by atoms with E-state index in [0.29, 0.717) is 6.17 Å². The Balaban J connectivity index is 1.94. The van der Waals surface area contributed by atoms with Gasteiger partial charge in [0.15, 0.2) is 0 Å². The van der Waals surface area contributed by atoms with Crippen molar-refractivity contribution in [2.24, 2.45) is 16.9 Å². The van der Waals surface area contributed by atoms with Gasteiger partial charge in [0.1, 0.15) is 6.17 Å². The van der Waals surface area contributed by atoms with Crippen molar-refractivity contribution in [3.63, 3.8) is 0 Å². The van der Waals surface area contributed by atoms with E-state index in [-0.39, 0.29) is 0 Å². The molecule has 1 saturated heterocycles. The molecular formula is C10H20N4. The molecule has 2 fully saturated rings. The third-order valence-corrected chi connectivity index (χ3v) is 3.36. The summed E-state index contributed by atoms with van der Waals surface area (Å²) in [5, 5.41) is 4.11. The molecule has 0 aromatic carbocycles. The topological polar surface area (TPSA) is 48.5 Å². The Morgan fingerprint density at radius 1 is 1.36 bits per heavy atom. The molecule has 1 heterocycles. The first-order valence-electron chi connectivity index (χ1n) is 5.63. The summed E-state index contributed by atoms with van der Waals surface area (Å²) in [6.07, 6.45) is 7.58. The molecule has 3 atom stereocenters. The van der Waals surface area contributed by atoms with Crippen molar-refractivity contribution >= 4 is 6.21 Å². The molecule has 1 aliphatic heterocycles. The van der Waals surface area contributed by atoms with Crippen molar-refractivity contribution in [2.75, 3.05) is 6.54 Å². The largest absolute Gasteiger partial charge is 0.292 e. The van der Waals surface area contributed by atoms with Gasteiger partial charge in [0, 0.05) is 12.8 Å². The van der Waals surface area contributed by atoms with Crippen molar-refractivity contribution in [2.45, 2.75) is 38.8 Å². The number of nitrogens with one attached hydrogen (secondary N) is 3. The second-order valence-electron chi connectivity index (χ2n) is 4.23. The number of hydrogen-bond acceptors (Lipinski definition) is 4. The van der Waals surface area contributed by atoms with Crippen LogP contribution in [0.3, 0.4) is 0 Å². The number of hydrazine groups is 1. The lowest BCUT2D eigenvalue weighted by Gasteiger charge is -2.41. The maximum atomic E-state index is 4.11. The van der Waals surface area contributed by atoms with Crippen LogP contribution in [-0.4, -0.2) is 18.9 Å². The Kier molecular flexibility index (Phi) is 3.37. The molecule has 1 saturated carbocycles. The average molecular weight is 196 g/mol. The monoisotopic (exact) mass is 196 g/mol. The van der Waals surface area contributed by atoms with Crippen molar-refractivity contribution in [1.82, 2.24) is 16.3 Å². The minimum Gasteiger partial charge on any atom is -0.292 e. The Labute approximate surface area is 85.5 Å². The quantitative estimate of drug-likeness (QED) is 0.453. The summed E-state index contributed by atoms with van der Waals surface area (Å²) in [5.41, 5.74) is 9.70. The summed E-state index contributed by atoms with van der Waals surface area (Å²) >= 11 is 0. The molecule has 0 aromatic heterocycles. The van der Waals surface area contributed by atoms with E-state index in [2.05, 4.69) is 21.4 Å². The first-order chi connectivity index (χ1) is 6.92. The normalized spacial score (nSPS) is 38.2. The first kappa shape index (κ1) is 9.93. The third kappa shape index (κ3) is 2.07. The molecule has 0 spiro atoms. The fraction of sp³-hybridized carbons (Fsp3) is 0.900. The highest BCUT2D eigenvalue weighted by molar-refractivity contribution is 5.52. The van der Waals surface area contributed by atoms with Crippen molar-refractivity contribution in [3.05, 3.63) is 0 Å². The standard InChI is InChI=1S/C10H20N4/c1-2-11-13-10-9-6-4-3-5-8(9)7-12-14-10/h2,8-10,12-14H,3-7H2,1H3/b11-2+. The van der Waals surface area contributed by atoms with Gasteiger partial charge >= 0.3 is 0 Å². The molecule has 4 heteroatoms. The number of hydrogen-bond donors (Lipinski definition) is 3. The van der Waals surface area contributed by atoms with E-state index in [1.807, 2.05) is 6.92 Å². The predicted octanol–water partition coefficient (Wildman–Crippen LogP) is 0.822. The van der Waals surface area contributed by atoms with Crippen LogP contribution in [0, 0.1) is 11.8 Å². The van der Waals surface area contributed by atoms with Gasteiger partial charge in [0.25, 0.3) is 0 Å². The number of fused-ring (bicyclic) bond motifs is 1. The van der Waals surface area contributed by atoms with E-state index in [4.69, 9.17) is 0 Å². The molecule has 3 N–H and O–H groups in total. The number of rotatable bonds is 2. The van der Waals surface area contributed by atoms with E-state index in [1.165, 1.54) is 25.7 Å². The van der Waals surface area contributed by atoms with E-state index < -0.39 is 0 Å². The van der Waals surface area contributed by atoms with Gasteiger partial charge in [0.2, 0.25) is 0 Å². The Bertz CT molecular complexity index is 202. The van der Waals surface area contributed by atoms with Crippen LogP contribution in [-0.2, 0) is 0 Å². The van der Waals surface area contributed by atoms with Crippen LogP contribution in [0.4, 0.5) is 0 Å². The van der Waals surface area contributed by atoms with Crippen molar-refractivity contribution in [1.29, 1.82) is 0 Å². The van der Waals surface area contributed by atoms with E-state index in [1.54, 1.807) is 6.21 Å². The van der Waals surface area contributed by atoms with Gasteiger partial charge in [-0.1, -0.05) is 12.8 Å². The highest BCUT2D eigenvalue weighted by Crippen LogP contribution is 2.32. The van der Waals surface area contributed by atoms with Gasteiger partial charge < -0.3 is 0 Å². The van der Waals surface area contributed by atoms with Crippen LogP contribution in [0.2, 0.25) is 0 Å². The lowest BCUT2D eigenvalue weighted by atomic mass is 9.77. The minimum absolute atomic E-state index is 0.310. The molecule has 0 bridgehead atoms. The molecule has 0 radical (unpaired) electrons. The maximum Gasteiger partial charge on any atom is 0.109 e. The van der Waals surface area contributed by atoms with Gasteiger partial charge in [-0.3, -0.25) is 10.9 Å². The molecule has 1 aliphatic carbocycles. The van der Waals surface area contributed by atoms with Crippen LogP contribution < -0.4 is 16.3 Å². The third-order valence-electron chi connectivity index (χ3n) is 3.36. The smallest absolute Gasteiger partial charge is 0.109 e. The Morgan fingerprint density at radius 2 is 2.21 bits per heavy atom. The lowest BCUT2D eigenvalue weighted by Crippen LogP contribution is -2.60. The summed E-state index contributed by atoms with van der Waals surface area (Å²) in [5.74, 6) is 1.57. The molecule has 2 rings (SSSR count). The molecule has 80 valence electrons. The van der Waals surface area contributed by atoms with Crippen molar-refractivity contribution < 1.29 is 0 Å². The summed E-state index contributed by atoms with van der Waals surface area (Å²) in [7, 11) is 0. The minimum atomic E-state index is 0.310.